The summed E-state index contributed by atoms with van der Waals surface area (Å²) >= 11 is 0. The predicted octanol–water partition coefficient (Wildman–Crippen LogP) is 2.52. The molecule has 0 aliphatic rings. The van der Waals surface area contributed by atoms with E-state index in [0.717, 1.165) is 37.4 Å². The fourth-order valence-electron chi connectivity index (χ4n) is 1.91. The number of likely N-dealkylation sites (N-methyl/N-ethyl adjacent to an activating group) is 2. The van der Waals surface area contributed by atoms with Gasteiger partial charge in [-0.25, -0.2) is 9.37 Å². The lowest BCUT2D eigenvalue weighted by Crippen LogP contribution is -2.28. The molecular weight excluding hydrogens is 257 g/mol. The molecule has 1 heterocycles. The lowest BCUT2D eigenvalue weighted by atomic mass is 10.2. The molecule has 0 aliphatic carbocycles. The average Bonchev–Trinajstić information content (AvgIpc) is 2.88. The zero-order valence-electron chi connectivity index (χ0n) is 11.9. The van der Waals surface area contributed by atoms with Crippen LogP contribution in [0, 0.1) is 5.82 Å². The van der Waals surface area contributed by atoms with E-state index >= 15 is 0 Å². The fraction of sp³-hybridized carbons (Fsp3) is 0.400. The molecule has 0 spiro atoms. The van der Waals surface area contributed by atoms with Gasteiger partial charge in [0.15, 0.2) is 0 Å². The van der Waals surface area contributed by atoms with E-state index < -0.39 is 0 Å². The molecule has 4 nitrogen and oxygen atoms in total. The lowest BCUT2D eigenvalue weighted by molar-refractivity contribution is 0.321. The topological polar surface area (TPSA) is 41.3 Å². The van der Waals surface area contributed by atoms with E-state index in [-0.39, 0.29) is 5.82 Å². The Morgan fingerprint density at radius 1 is 1.30 bits per heavy atom. The van der Waals surface area contributed by atoms with E-state index in [9.17, 15) is 4.39 Å². The Balaban J connectivity index is 1.93. The molecule has 5 heteroatoms. The highest BCUT2D eigenvalue weighted by Gasteiger charge is 2.08. The fourth-order valence-corrected chi connectivity index (χ4v) is 1.91. The zero-order valence-corrected chi connectivity index (χ0v) is 11.9. The van der Waals surface area contributed by atoms with Crippen LogP contribution in [0.1, 0.15) is 12.6 Å². The smallest absolute Gasteiger partial charge is 0.226 e. The number of hydrogen-bond donors (Lipinski definition) is 1. The maximum atomic E-state index is 12.9. The minimum Gasteiger partial charge on any atom is -0.444 e. The number of halogens is 1. The van der Waals surface area contributed by atoms with Crippen molar-refractivity contribution in [1.29, 1.82) is 0 Å². The summed E-state index contributed by atoms with van der Waals surface area (Å²) in [5, 5.41) is 3.28. The Bertz CT molecular complexity index is 524. The van der Waals surface area contributed by atoms with E-state index in [4.69, 9.17) is 4.42 Å². The second-order valence-electron chi connectivity index (χ2n) is 4.74. The molecule has 2 rings (SSSR count). The van der Waals surface area contributed by atoms with Crippen molar-refractivity contribution < 1.29 is 8.81 Å². The van der Waals surface area contributed by atoms with Crippen LogP contribution < -0.4 is 5.32 Å². The van der Waals surface area contributed by atoms with Crippen molar-refractivity contribution in [1.82, 2.24) is 15.2 Å². The maximum absolute atomic E-state index is 12.9. The van der Waals surface area contributed by atoms with Gasteiger partial charge in [-0.05, 0) is 37.9 Å². The van der Waals surface area contributed by atoms with Crippen LogP contribution in [0.15, 0.2) is 34.9 Å². The second kappa shape index (κ2) is 7.17. The van der Waals surface area contributed by atoms with Crippen molar-refractivity contribution in [3.05, 3.63) is 42.0 Å². The number of aromatic nitrogens is 1. The highest BCUT2D eigenvalue weighted by Crippen LogP contribution is 2.19. The minimum absolute atomic E-state index is 0.260. The molecule has 0 saturated carbocycles. The quantitative estimate of drug-likeness (QED) is 0.790. The van der Waals surface area contributed by atoms with Crippen molar-refractivity contribution in [3.63, 3.8) is 0 Å². The van der Waals surface area contributed by atoms with E-state index in [1.807, 2.05) is 7.05 Å². The first-order chi connectivity index (χ1) is 9.69. The average molecular weight is 277 g/mol. The first-order valence-corrected chi connectivity index (χ1v) is 6.78. The number of nitrogens with zero attached hydrogens (tertiary/aromatic N) is 2. The van der Waals surface area contributed by atoms with Crippen molar-refractivity contribution in [3.8, 4) is 11.5 Å². The predicted molar refractivity (Wildman–Crippen MR) is 76.8 cm³/mol. The summed E-state index contributed by atoms with van der Waals surface area (Å²) in [6.07, 6.45) is 1.66. The van der Waals surface area contributed by atoms with E-state index in [1.165, 1.54) is 12.1 Å². The van der Waals surface area contributed by atoms with Crippen LogP contribution in [0.4, 0.5) is 4.39 Å². The molecule has 0 bridgehead atoms. The van der Waals surface area contributed by atoms with Crippen LogP contribution in [-0.4, -0.2) is 36.6 Å². The summed E-state index contributed by atoms with van der Waals surface area (Å²) in [6.45, 7) is 5.71. The van der Waals surface area contributed by atoms with Gasteiger partial charge >= 0.3 is 0 Å². The van der Waals surface area contributed by atoms with Gasteiger partial charge in [0.05, 0.1) is 5.69 Å². The van der Waals surface area contributed by atoms with Gasteiger partial charge in [-0.3, -0.25) is 4.90 Å². The molecule has 0 amide bonds. The lowest BCUT2D eigenvalue weighted by Gasteiger charge is -2.14. The van der Waals surface area contributed by atoms with Gasteiger partial charge in [-0.15, -0.1) is 0 Å². The summed E-state index contributed by atoms with van der Waals surface area (Å²) in [5.41, 5.74) is 1.66. The summed E-state index contributed by atoms with van der Waals surface area (Å²) < 4.78 is 18.3. The van der Waals surface area contributed by atoms with Gasteiger partial charge in [-0.2, -0.15) is 0 Å². The van der Waals surface area contributed by atoms with Crippen molar-refractivity contribution >= 4 is 0 Å². The first kappa shape index (κ1) is 14.7. The molecule has 1 aromatic carbocycles. The summed E-state index contributed by atoms with van der Waals surface area (Å²) in [4.78, 5) is 6.60. The molecule has 0 saturated heterocycles. The Kier molecular flexibility index (Phi) is 5.26. The van der Waals surface area contributed by atoms with Crippen LogP contribution in [0.25, 0.3) is 11.5 Å². The molecule has 108 valence electrons. The normalized spacial score (nSPS) is 11.2. The van der Waals surface area contributed by atoms with Gasteiger partial charge in [0.2, 0.25) is 5.89 Å². The summed E-state index contributed by atoms with van der Waals surface area (Å²) in [6, 6.07) is 6.14. The standard InChI is InChI=1S/C15H20FN3O/c1-3-17-8-9-19(2)10-14-11-20-15(18-14)12-4-6-13(16)7-5-12/h4-7,11,17H,3,8-10H2,1-2H3. The second-order valence-corrected chi connectivity index (χ2v) is 4.74. The van der Waals surface area contributed by atoms with Crippen molar-refractivity contribution in [2.75, 3.05) is 26.7 Å². The van der Waals surface area contributed by atoms with Crippen LogP contribution in [0.3, 0.4) is 0 Å². The van der Waals surface area contributed by atoms with Crippen molar-refractivity contribution in [2.45, 2.75) is 13.5 Å². The molecule has 1 aromatic heterocycles. The Morgan fingerprint density at radius 3 is 2.75 bits per heavy atom. The van der Waals surface area contributed by atoms with Crippen molar-refractivity contribution in [2.24, 2.45) is 0 Å². The van der Waals surface area contributed by atoms with Crippen LogP contribution in [-0.2, 0) is 6.54 Å². The Hall–Kier alpha value is -1.72. The third kappa shape index (κ3) is 4.15. The number of oxazole rings is 1. The third-order valence-corrected chi connectivity index (χ3v) is 3.00. The minimum atomic E-state index is -0.260. The number of hydrogen-bond acceptors (Lipinski definition) is 4. The van der Waals surface area contributed by atoms with Gasteiger partial charge in [0.1, 0.15) is 12.1 Å². The molecule has 0 fully saturated rings. The SMILES string of the molecule is CCNCCN(C)Cc1coc(-c2ccc(F)cc2)n1. The molecule has 0 atom stereocenters. The van der Waals surface area contributed by atoms with Gasteiger partial charge in [-0.1, -0.05) is 6.92 Å². The summed E-state index contributed by atoms with van der Waals surface area (Å²) in [7, 11) is 2.05. The molecule has 0 aliphatic heterocycles. The number of benzene rings is 1. The van der Waals surface area contributed by atoms with E-state index in [1.54, 1.807) is 18.4 Å². The van der Waals surface area contributed by atoms with Gasteiger partial charge in [0.25, 0.3) is 0 Å². The van der Waals surface area contributed by atoms with Gasteiger partial charge < -0.3 is 9.73 Å². The Labute approximate surface area is 118 Å². The molecular formula is C15H20FN3O. The van der Waals surface area contributed by atoms with Crippen LogP contribution in [0.5, 0.6) is 0 Å². The van der Waals surface area contributed by atoms with E-state index in [0.29, 0.717) is 5.89 Å². The molecule has 1 N–H and O–H groups in total. The first-order valence-electron chi connectivity index (χ1n) is 6.78. The third-order valence-electron chi connectivity index (χ3n) is 3.00. The monoisotopic (exact) mass is 277 g/mol. The highest BCUT2D eigenvalue weighted by molar-refractivity contribution is 5.52. The largest absolute Gasteiger partial charge is 0.444 e. The molecule has 2 aromatic rings. The Morgan fingerprint density at radius 2 is 2.05 bits per heavy atom. The number of rotatable bonds is 7. The number of nitrogens with one attached hydrogen (secondary N) is 1. The molecule has 0 unspecified atom stereocenters. The van der Waals surface area contributed by atoms with Crippen LogP contribution in [0.2, 0.25) is 0 Å². The van der Waals surface area contributed by atoms with E-state index in [2.05, 4.69) is 22.1 Å². The van der Waals surface area contributed by atoms with Gasteiger partial charge in [0, 0.05) is 25.2 Å². The zero-order chi connectivity index (χ0) is 14.4. The molecule has 0 radical (unpaired) electrons. The maximum Gasteiger partial charge on any atom is 0.226 e. The molecule has 20 heavy (non-hydrogen) atoms. The summed E-state index contributed by atoms with van der Waals surface area (Å²) in [5.74, 6) is 0.267. The van der Waals surface area contributed by atoms with Crippen LogP contribution >= 0.6 is 0 Å². The highest BCUT2D eigenvalue weighted by atomic mass is 19.1.